The number of benzene rings is 1. The minimum absolute atomic E-state index is 0. The van der Waals surface area contributed by atoms with Crippen LogP contribution in [0.5, 0.6) is 5.75 Å². The van der Waals surface area contributed by atoms with Gasteiger partial charge in [-0.1, -0.05) is 19.4 Å². The highest BCUT2D eigenvalue weighted by atomic mass is 35.5. The molecule has 1 fully saturated rings. The van der Waals surface area contributed by atoms with Crippen LogP contribution in [0.1, 0.15) is 31.4 Å². The van der Waals surface area contributed by atoms with Crippen molar-refractivity contribution in [1.29, 1.82) is 0 Å². The molecule has 0 radical (unpaired) electrons. The third-order valence-corrected chi connectivity index (χ3v) is 3.71. The van der Waals surface area contributed by atoms with E-state index in [1.54, 1.807) is 7.11 Å². The summed E-state index contributed by atoms with van der Waals surface area (Å²) >= 11 is 0. The summed E-state index contributed by atoms with van der Waals surface area (Å²) in [5.74, 6) is 0.424. The number of piperazine rings is 1. The van der Waals surface area contributed by atoms with Gasteiger partial charge in [-0.15, -0.1) is 24.8 Å². The van der Waals surface area contributed by atoms with Crippen LogP contribution in [-0.2, 0) is 0 Å². The van der Waals surface area contributed by atoms with Gasteiger partial charge in [0.05, 0.1) is 7.11 Å². The monoisotopic (exact) mass is 338 g/mol. The summed E-state index contributed by atoms with van der Waals surface area (Å²) in [5, 5.41) is 3.37. The second-order valence-electron chi connectivity index (χ2n) is 4.98. The van der Waals surface area contributed by atoms with E-state index in [1.165, 1.54) is 12.1 Å². The lowest BCUT2D eigenvalue weighted by Gasteiger charge is -2.35. The molecule has 0 saturated carbocycles. The Balaban J connectivity index is 0.00000200. The van der Waals surface area contributed by atoms with Crippen LogP contribution in [-0.4, -0.2) is 38.2 Å². The van der Waals surface area contributed by atoms with Crippen LogP contribution in [0, 0.1) is 5.82 Å². The second kappa shape index (κ2) is 10.2. The molecule has 3 nitrogen and oxygen atoms in total. The van der Waals surface area contributed by atoms with E-state index in [-0.39, 0.29) is 30.6 Å². The highest BCUT2D eigenvalue weighted by molar-refractivity contribution is 5.85. The van der Waals surface area contributed by atoms with E-state index >= 15 is 0 Å². The summed E-state index contributed by atoms with van der Waals surface area (Å²) in [6.45, 7) is 6.29. The fourth-order valence-corrected chi connectivity index (χ4v) is 2.76. The zero-order chi connectivity index (χ0) is 13.7. The Labute approximate surface area is 139 Å². The summed E-state index contributed by atoms with van der Waals surface area (Å²) in [4.78, 5) is 2.47. The molecule has 0 spiro atoms. The Morgan fingerprint density at radius 3 is 2.52 bits per heavy atom. The molecule has 2 rings (SSSR count). The minimum atomic E-state index is -0.240. The minimum Gasteiger partial charge on any atom is -0.496 e. The molecular formula is C15H25Cl2FN2O. The standard InChI is InChI=1S/C15H23FN2O.2ClH/c1-3-4-14(18-9-7-17-8-10-18)13-6-5-12(16)11-15(13)19-2;;/h5-6,11,14,17H,3-4,7-10H2,1-2H3;2*1H/t14-;;/m0../s1. The second-order valence-corrected chi connectivity index (χ2v) is 4.98. The number of ether oxygens (including phenoxy) is 1. The molecule has 1 heterocycles. The van der Waals surface area contributed by atoms with Gasteiger partial charge in [0.25, 0.3) is 0 Å². The molecule has 1 aromatic rings. The van der Waals surface area contributed by atoms with E-state index in [0.717, 1.165) is 44.6 Å². The Kier molecular flexibility index (Phi) is 9.95. The van der Waals surface area contributed by atoms with Crippen molar-refractivity contribution in [3.8, 4) is 5.75 Å². The first kappa shape index (κ1) is 20.5. The predicted octanol–water partition coefficient (Wildman–Crippen LogP) is 3.42. The van der Waals surface area contributed by atoms with Crippen LogP contribution in [0.2, 0.25) is 0 Å². The fourth-order valence-electron chi connectivity index (χ4n) is 2.76. The maximum atomic E-state index is 13.3. The zero-order valence-corrected chi connectivity index (χ0v) is 14.2. The first-order chi connectivity index (χ1) is 9.26. The largest absolute Gasteiger partial charge is 0.496 e. The van der Waals surface area contributed by atoms with Crippen molar-refractivity contribution < 1.29 is 9.13 Å². The summed E-state index contributed by atoms with van der Waals surface area (Å²) in [7, 11) is 1.61. The lowest BCUT2D eigenvalue weighted by atomic mass is 9.98. The van der Waals surface area contributed by atoms with Crippen molar-refractivity contribution >= 4 is 24.8 Å². The van der Waals surface area contributed by atoms with Crippen LogP contribution in [0.3, 0.4) is 0 Å². The van der Waals surface area contributed by atoms with Gasteiger partial charge in [0.1, 0.15) is 11.6 Å². The topological polar surface area (TPSA) is 24.5 Å². The van der Waals surface area contributed by atoms with Gasteiger partial charge in [0.2, 0.25) is 0 Å². The van der Waals surface area contributed by atoms with Gasteiger partial charge in [0, 0.05) is 43.9 Å². The normalized spacial score (nSPS) is 16.5. The van der Waals surface area contributed by atoms with E-state index in [4.69, 9.17) is 4.74 Å². The molecule has 122 valence electrons. The Hall–Kier alpha value is -0.550. The Morgan fingerprint density at radius 1 is 1.29 bits per heavy atom. The van der Waals surface area contributed by atoms with Gasteiger partial charge in [-0.25, -0.2) is 4.39 Å². The lowest BCUT2D eigenvalue weighted by molar-refractivity contribution is 0.162. The number of rotatable bonds is 5. The summed E-state index contributed by atoms with van der Waals surface area (Å²) < 4.78 is 18.7. The molecule has 0 amide bonds. The van der Waals surface area contributed by atoms with Gasteiger partial charge < -0.3 is 10.1 Å². The van der Waals surface area contributed by atoms with E-state index in [0.29, 0.717) is 11.8 Å². The third kappa shape index (κ3) is 5.29. The SMILES string of the molecule is CCC[C@@H](c1ccc(F)cc1OC)N1CCNCC1.Cl.Cl. The lowest BCUT2D eigenvalue weighted by Crippen LogP contribution is -2.45. The van der Waals surface area contributed by atoms with E-state index in [9.17, 15) is 4.39 Å². The molecule has 1 N–H and O–H groups in total. The van der Waals surface area contributed by atoms with Gasteiger partial charge in [0.15, 0.2) is 0 Å². The maximum absolute atomic E-state index is 13.3. The number of halogens is 3. The number of nitrogens with zero attached hydrogens (tertiary/aromatic N) is 1. The van der Waals surface area contributed by atoms with Crippen LogP contribution in [0.4, 0.5) is 4.39 Å². The van der Waals surface area contributed by atoms with Crippen LogP contribution in [0.25, 0.3) is 0 Å². The molecule has 21 heavy (non-hydrogen) atoms. The Bertz CT molecular complexity index is 415. The van der Waals surface area contributed by atoms with Crippen molar-refractivity contribution in [2.75, 3.05) is 33.3 Å². The first-order valence-corrected chi connectivity index (χ1v) is 7.04. The van der Waals surface area contributed by atoms with Crippen LogP contribution < -0.4 is 10.1 Å². The molecule has 0 aromatic heterocycles. The van der Waals surface area contributed by atoms with Crippen molar-refractivity contribution in [2.45, 2.75) is 25.8 Å². The summed E-state index contributed by atoms with van der Waals surface area (Å²) in [5.41, 5.74) is 1.10. The van der Waals surface area contributed by atoms with Gasteiger partial charge in [-0.05, 0) is 12.5 Å². The first-order valence-electron chi connectivity index (χ1n) is 7.04. The Morgan fingerprint density at radius 2 is 1.95 bits per heavy atom. The molecule has 1 saturated heterocycles. The van der Waals surface area contributed by atoms with E-state index in [1.807, 2.05) is 6.07 Å². The molecule has 0 bridgehead atoms. The summed E-state index contributed by atoms with van der Waals surface area (Å²) in [6.07, 6.45) is 2.18. The third-order valence-electron chi connectivity index (χ3n) is 3.71. The molecule has 1 aromatic carbocycles. The smallest absolute Gasteiger partial charge is 0.126 e. The van der Waals surface area contributed by atoms with Crippen molar-refractivity contribution in [3.63, 3.8) is 0 Å². The van der Waals surface area contributed by atoms with Gasteiger partial charge in [-0.3, -0.25) is 4.90 Å². The highest BCUT2D eigenvalue weighted by Gasteiger charge is 2.24. The number of hydrogen-bond acceptors (Lipinski definition) is 3. The maximum Gasteiger partial charge on any atom is 0.126 e. The van der Waals surface area contributed by atoms with Gasteiger partial charge >= 0.3 is 0 Å². The number of hydrogen-bond donors (Lipinski definition) is 1. The molecule has 0 aliphatic carbocycles. The van der Waals surface area contributed by atoms with Crippen molar-refractivity contribution in [2.24, 2.45) is 0 Å². The predicted molar refractivity (Wildman–Crippen MR) is 89.5 cm³/mol. The van der Waals surface area contributed by atoms with Crippen molar-refractivity contribution in [1.82, 2.24) is 10.2 Å². The highest BCUT2D eigenvalue weighted by Crippen LogP contribution is 2.33. The fraction of sp³-hybridized carbons (Fsp3) is 0.600. The molecule has 6 heteroatoms. The average molecular weight is 339 g/mol. The average Bonchev–Trinajstić information content (AvgIpc) is 2.46. The molecule has 1 aliphatic rings. The van der Waals surface area contributed by atoms with Gasteiger partial charge in [-0.2, -0.15) is 0 Å². The molecule has 1 aliphatic heterocycles. The zero-order valence-electron chi connectivity index (χ0n) is 12.6. The van der Waals surface area contributed by atoms with E-state index in [2.05, 4.69) is 17.1 Å². The molecule has 1 atom stereocenters. The summed E-state index contributed by atoms with van der Waals surface area (Å²) in [6, 6.07) is 5.21. The quantitative estimate of drug-likeness (QED) is 0.890. The van der Waals surface area contributed by atoms with E-state index < -0.39 is 0 Å². The van der Waals surface area contributed by atoms with Crippen LogP contribution >= 0.6 is 24.8 Å². The van der Waals surface area contributed by atoms with Crippen LogP contribution in [0.15, 0.2) is 18.2 Å². The number of nitrogens with one attached hydrogen (secondary N) is 1. The molecule has 0 unspecified atom stereocenters. The number of methoxy groups -OCH3 is 1. The van der Waals surface area contributed by atoms with Crippen molar-refractivity contribution in [3.05, 3.63) is 29.6 Å². The molecular weight excluding hydrogens is 314 g/mol.